The number of fused-ring (bicyclic) bond motifs is 9. The van der Waals surface area contributed by atoms with Crippen LogP contribution >= 0.6 is 11.8 Å². The highest BCUT2D eigenvalue weighted by Gasteiger charge is 2.50. The number of hydrogen-bond acceptors (Lipinski definition) is 8. The average Bonchev–Trinajstić information content (AvgIpc) is 3.69. The molecule has 0 spiro atoms. The predicted octanol–water partition coefficient (Wildman–Crippen LogP) is 7.90. The van der Waals surface area contributed by atoms with E-state index in [4.69, 9.17) is 9.97 Å². The monoisotopic (exact) mass is 625 g/mol. The Hall–Kier alpha value is -5.41. The highest BCUT2D eigenvalue weighted by atomic mass is 32.2. The normalized spacial score (nSPS) is 19.0. The fourth-order valence-electron chi connectivity index (χ4n) is 7.69. The van der Waals surface area contributed by atoms with Gasteiger partial charge in [-0.1, -0.05) is 86.7 Å². The summed E-state index contributed by atoms with van der Waals surface area (Å²) in [6.07, 6.45) is 4.54. The molecule has 0 saturated heterocycles. The van der Waals surface area contributed by atoms with Gasteiger partial charge in [0, 0.05) is 38.3 Å². The van der Waals surface area contributed by atoms with Crippen LogP contribution in [0.2, 0.25) is 0 Å². The van der Waals surface area contributed by atoms with Gasteiger partial charge in [-0.3, -0.25) is 4.57 Å². The van der Waals surface area contributed by atoms with Crippen LogP contribution in [-0.2, 0) is 5.41 Å². The zero-order valence-electron chi connectivity index (χ0n) is 24.7. The molecule has 0 fully saturated rings. The first-order valence-corrected chi connectivity index (χ1v) is 15.9. The first-order chi connectivity index (χ1) is 22.2. The summed E-state index contributed by atoms with van der Waals surface area (Å²) in [5, 5.41) is 54.4. The van der Waals surface area contributed by atoms with Crippen LogP contribution < -0.4 is 0 Å². The number of phenolic OH excluding ortho intramolecular Hbond substituents is 5. The highest BCUT2D eigenvalue weighted by Crippen LogP contribution is 2.67. The number of benzene rings is 4. The van der Waals surface area contributed by atoms with E-state index >= 15 is 0 Å². The Morgan fingerprint density at radius 3 is 2.17 bits per heavy atom. The smallest absolute Gasteiger partial charge is 0.235 e. The third kappa shape index (κ3) is 3.30. The summed E-state index contributed by atoms with van der Waals surface area (Å²) in [7, 11) is 0. The summed E-state index contributed by atoms with van der Waals surface area (Å²) >= 11 is 1.87. The van der Waals surface area contributed by atoms with E-state index in [0.29, 0.717) is 16.9 Å². The number of nitrogens with zero attached hydrogens (tertiary/aromatic N) is 3. The standard InChI is InChI=1S/C37H27N3O5S/c1-37(2)22-12-6-3-10-19(22)34-26(37)21-16-15-18-17-9-5-8-14-24(17)40(28(18)35(21)46-34)36-38-23-13-7-4-11-20(23)27(39-36)25-29(41)31(43)33(45)32(44)30(25)42/h3-16,21,35,41-45H,1-2H3. The first kappa shape index (κ1) is 26.9. The van der Waals surface area contributed by atoms with Crippen molar-refractivity contribution in [3.8, 4) is 46.0 Å². The Morgan fingerprint density at radius 1 is 0.739 bits per heavy atom. The van der Waals surface area contributed by atoms with Gasteiger partial charge in [-0.05, 0) is 28.8 Å². The molecule has 0 amide bonds. The van der Waals surface area contributed by atoms with E-state index in [1.54, 1.807) is 18.2 Å². The molecule has 226 valence electrons. The quantitative estimate of drug-likeness (QED) is 0.0969. The van der Waals surface area contributed by atoms with Gasteiger partial charge in [0.15, 0.2) is 11.5 Å². The first-order valence-electron chi connectivity index (χ1n) is 15.0. The lowest BCUT2D eigenvalue weighted by atomic mass is 9.73. The summed E-state index contributed by atoms with van der Waals surface area (Å²) in [6, 6.07) is 23.9. The highest BCUT2D eigenvalue weighted by molar-refractivity contribution is 8.08. The van der Waals surface area contributed by atoms with Crippen molar-refractivity contribution < 1.29 is 25.5 Å². The van der Waals surface area contributed by atoms with E-state index < -0.39 is 28.7 Å². The van der Waals surface area contributed by atoms with Crippen LogP contribution in [0.25, 0.3) is 50.0 Å². The minimum Gasteiger partial charge on any atom is -0.504 e. The predicted molar refractivity (Wildman–Crippen MR) is 179 cm³/mol. The number of phenols is 5. The number of rotatable bonds is 2. The van der Waals surface area contributed by atoms with Crippen LogP contribution in [0.5, 0.6) is 28.7 Å². The fourth-order valence-corrected chi connectivity index (χ4v) is 9.48. The molecule has 8 nitrogen and oxygen atoms in total. The van der Waals surface area contributed by atoms with E-state index in [1.807, 2.05) is 36.0 Å². The second-order valence-electron chi connectivity index (χ2n) is 12.5. The number of allylic oxidation sites excluding steroid dienone is 2. The maximum absolute atomic E-state index is 11.0. The van der Waals surface area contributed by atoms with Crippen LogP contribution in [0.4, 0.5) is 0 Å². The van der Waals surface area contributed by atoms with E-state index in [0.717, 1.165) is 22.2 Å². The maximum atomic E-state index is 11.0. The minimum atomic E-state index is -1.02. The lowest BCUT2D eigenvalue weighted by Crippen LogP contribution is -2.25. The molecule has 9 heteroatoms. The summed E-state index contributed by atoms with van der Waals surface area (Å²) in [5.74, 6) is -4.12. The zero-order chi connectivity index (χ0) is 31.6. The molecule has 3 heterocycles. The van der Waals surface area contributed by atoms with Gasteiger partial charge in [-0.15, -0.1) is 11.8 Å². The van der Waals surface area contributed by atoms with Crippen molar-refractivity contribution in [2.75, 3.05) is 0 Å². The molecular formula is C37H27N3O5S. The molecule has 6 aromatic rings. The van der Waals surface area contributed by atoms with Crippen molar-refractivity contribution in [3.63, 3.8) is 0 Å². The lowest BCUT2D eigenvalue weighted by Gasteiger charge is -2.32. The summed E-state index contributed by atoms with van der Waals surface area (Å²) in [6.45, 7) is 4.60. The summed E-state index contributed by atoms with van der Waals surface area (Å²) in [5.41, 5.74) is 7.22. The second-order valence-corrected chi connectivity index (χ2v) is 13.6. The van der Waals surface area contributed by atoms with Crippen molar-refractivity contribution in [1.29, 1.82) is 0 Å². The van der Waals surface area contributed by atoms with Crippen LogP contribution in [0, 0.1) is 5.92 Å². The van der Waals surface area contributed by atoms with Crippen molar-refractivity contribution in [2.45, 2.75) is 24.5 Å². The van der Waals surface area contributed by atoms with Gasteiger partial charge in [0.2, 0.25) is 23.2 Å². The molecular weight excluding hydrogens is 598 g/mol. The molecule has 3 aliphatic rings. The van der Waals surface area contributed by atoms with E-state index in [1.165, 1.54) is 21.6 Å². The molecule has 0 saturated carbocycles. The average molecular weight is 626 g/mol. The van der Waals surface area contributed by atoms with E-state index in [-0.39, 0.29) is 27.8 Å². The summed E-state index contributed by atoms with van der Waals surface area (Å²) < 4.78 is 2.06. The van der Waals surface area contributed by atoms with Crippen LogP contribution in [0.15, 0.2) is 84.4 Å². The number of aromatic nitrogens is 3. The molecule has 46 heavy (non-hydrogen) atoms. The Balaban J connectivity index is 1.32. The third-order valence-electron chi connectivity index (χ3n) is 9.76. The van der Waals surface area contributed by atoms with Gasteiger partial charge in [0.1, 0.15) is 0 Å². The third-order valence-corrected chi connectivity index (χ3v) is 11.2. The molecule has 2 aromatic heterocycles. The maximum Gasteiger partial charge on any atom is 0.235 e. The SMILES string of the molecule is CC1(C)C2=C(SC3c4c(c5ccccc5n4-c4nc(-c5c(O)c(O)c(O)c(O)c5O)c5ccccc5n4)C=CC23)c2ccccc21. The van der Waals surface area contributed by atoms with E-state index in [2.05, 4.69) is 60.9 Å². The van der Waals surface area contributed by atoms with Crippen molar-refractivity contribution >= 4 is 44.5 Å². The molecule has 4 aromatic carbocycles. The fraction of sp³-hybridized carbons (Fsp3) is 0.135. The minimum absolute atomic E-state index is 0.0344. The topological polar surface area (TPSA) is 132 Å². The van der Waals surface area contributed by atoms with Crippen molar-refractivity contribution in [3.05, 3.63) is 107 Å². The number of para-hydroxylation sites is 2. The van der Waals surface area contributed by atoms with Crippen LogP contribution in [-0.4, -0.2) is 40.1 Å². The van der Waals surface area contributed by atoms with Gasteiger partial charge in [0.25, 0.3) is 0 Å². The van der Waals surface area contributed by atoms with Gasteiger partial charge in [-0.25, -0.2) is 9.97 Å². The molecule has 2 atom stereocenters. The number of aromatic hydroxyl groups is 5. The van der Waals surface area contributed by atoms with Gasteiger partial charge in [0.05, 0.1) is 27.5 Å². The van der Waals surface area contributed by atoms with Crippen molar-refractivity contribution in [1.82, 2.24) is 14.5 Å². The Morgan fingerprint density at radius 2 is 1.39 bits per heavy atom. The van der Waals surface area contributed by atoms with Crippen molar-refractivity contribution in [2.24, 2.45) is 5.92 Å². The van der Waals surface area contributed by atoms with Gasteiger partial charge < -0.3 is 25.5 Å². The zero-order valence-corrected chi connectivity index (χ0v) is 25.5. The molecule has 2 aliphatic carbocycles. The lowest BCUT2D eigenvalue weighted by molar-refractivity contribution is 0.330. The molecule has 5 N–H and O–H groups in total. The largest absolute Gasteiger partial charge is 0.504 e. The molecule has 1 aliphatic heterocycles. The number of thioether (sulfide) groups is 1. The molecule has 0 bridgehead atoms. The molecule has 2 unspecified atom stereocenters. The van der Waals surface area contributed by atoms with Gasteiger partial charge >= 0.3 is 0 Å². The molecule has 0 radical (unpaired) electrons. The van der Waals surface area contributed by atoms with E-state index in [9.17, 15) is 25.5 Å². The Labute approximate surface area is 267 Å². The van der Waals surface area contributed by atoms with Crippen LogP contribution in [0.1, 0.15) is 41.5 Å². The Kier molecular flexibility index (Phi) is 5.32. The summed E-state index contributed by atoms with van der Waals surface area (Å²) in [4.78, 5) is 11.3. The van der Waals surface area contributed by atoms with Gasteiger partial charge in [-0.2, -0.15) is 0 Å². The molecule has 9 rings (SSSR count). The second kappa shape index (κ2) is 9.08. The number of hydrogen-bond donors (Lipinski definition) is 5. The Bertz CT molecular complexity index is 2380. The van der Waals surface area contributed by atoms with Crippen LogP contribution in [0.3, 0.4) is 0 Å².